The molecule has 3 aromatic rings. The zero-order valence-electron chi connectivity index (χ0n) is 60.6. The van der Waals surface area contributed by atoms with E-state index in [1.807, 2.05) is 0 Å². The summed E-state index contributed by atoms with van der Waals surface area (Å²) in [5, 5.41) is 0. The van der Waals surface area contributed by atoms with Crippen LogP contribution < -0.4 is 42.6 Å². The average molecular weight is 1530 g/mol. The van der Waals surface area contributed by atoms with Crippen LogP contribution in [-0.2, 0) is 8.98 Å². The Bertz CT molecular complexity index is 3100. The lowest BCUT2D eigenvalue weighted by atomic mass is 9.85. The molecule has 0 aromatic heterocycles. The molecule has 0 spiro atoms. The molecule has 0 bridgehead atoms. The number of hydrogen-bond acceptors (Lipinski definition) is 11. The van der Waals surface area contributed by atoms with Gasteiger partial charge in [0.2, 0.25) is 0 Å². The van der Waals surface area contributed by atoms with Crippen molar-refractivity contribution >= 4 is 16.3 Å². The summed E-state index contributed by atoms with van der Waals surface area (Å²) in [4.78, 5) is 12.3. The first-order valence-corrected chi connectivity index (χ1v) is 32.0. The number of hydrogen-bond donors (Lipinski definition) is 0. The highest BCUT2D eigenvalue weighted by molar-refractivity contribution is 8.30. The summed E-state index contributed by atoms with van der Waals surface area (Å²) in [5.74, 6) is -104. The highest BCUT2D eigenvalue weighted by atomic mass is 32.3. The summed E-state index contributed by atoms with van der Waals surface area (Å²) in [6, 6.07) is 5.65. The third kappa shape index (κ3) is 18.8. The summed E-state index contributed by atoms with van der Waals surface area (Å²) in [6.07, 6.45) is -8.27. The first-order valence-electron chi connectivity index (χ1n) is 30.4. The maximum Gasteiger partial charge on any atom is 0.460 e. The summed E-state index contributed by atoms with van der Waals surface area (Å²) < 4.78 is 417. The lowest BCUT2D eigenvalue weighted by Gasteiger charge is -2.47. The van der Waals surface area contributed by atoms with Crippen molar-refractivity contribution in [1.82, 2.24) is 0 Å². The number of rotatable bonds is 23. The second-order valence-corrected chi connectivity index (χ2v) is 34.8. The standard InChI is InChI=1S/C66H87F23O11S/c1-47(2,3)91-34-28-37(94-50(10,11)12)43(38(29-34)95-51(13,14)15)101(44-39(96-52(16,17)18)30-35(92-48(4,5)6)31-40(44)97-53(19,20)21,45-41(98-54(22,23)24)32-36(93-49(7,8)9)33-42(45)99-55(25,26)27)100-46(90)56(67,68)57(69,70)58(71,72)59(73,74)60(75,76)61(77,78)62(79,80)63(81,82)64(83,84)65(85,86)66(87,88)89/h28-33H,1-27H3. The summed E-state index contributed by atoms with van der Waals surface area (Å²) >= 11 is 0. The highest BCUT2D eigenvalue weighted by Gasteiger charge is 2.99. The Labute approximate surface area is 572 Å². The van der Waals surface area contributed by atoms with Gasteiger partial charge in [-0.15, -0.1) is 0 Å². The van der Waals surface area contributed by atoms with Gasteiger partial charge in [0.15, 0.2) is 0 Å². The van der Waals surface area contributed by atoms with Crippen molar-refractivity contribution in [3.8, 4) is 51.7 Å². The van der Waals surface area contributed by atoms with Crippen molar-refractivity contribution in [2.24, 2.45) is 0 Å². The summed E-state index contributed by atoms with van der Waals surface area (Å²) in [6.45, 7) is 37.2. The molecule has 11 nitrogen and oxygen atoms in total. The maximum atomic E-state index is 17.9. The van der Waals surface area contributed by atoms with Gasteiger partial charge in [0, 0.05) is 46.7 Å². The Morgan fingerprint density at radius 1 is 0.238 bits per heavy atom. The molecule has 0 saturated carbocycles. The Morgan fingerprint density at radius 2 is 0.386 bits per heavy atom. The van der Waals surface area contributed by atoms with E-state index in [1.165, 1.54) is 187 Å². The molecule has 3 rings (SSSR count). The minimum absolute atomic E-state index is 0.352. The second-order valence-electron chi connectivity index (χ2n) is 32.3. The fraction of sp³-hybridized carbons (Fsp3) is 0.712. The molecule has 3 aromatic carbocycles. The van der Waals surface area contributed by atoms with E-state index < -0.39 is 181 Å². The van der Waals surface area contributed by atoms with E-state index in [-0.39, 0.29) is 17.2 Å². The molecule has 0 unspecified atom stereocenters. The van der Waals surface area contributed by atoms with Gasteiger partial charge in [-0.2, -0.15) is 101 Å². The molecule has 0 radical (unpaired) electrons. The lowest BCUT2D eigenvalue weighted by Crippen LogP contribution is -2.78. The number of benzene rings is 3. The van der Waals surface area contributed by atoms with Crippen LogP contribution in [0.5, 0.6) is 51.7 Å². The van der Waals surface area contributed by atoms with Gasteiger partial charge in [-0.05, 0) is 187 Å². The molecule has 0 amide bonds. The number of ether oxygens (including phenoxy) is 9. The number of carbonyl (C=O) groups is 1. The quantitative estimate of drug-likeness (QED) is 0.0847. The molecular weight excluding hydrogens is 1440 g/mol. The maximum absolute atomic E-state index is 17.9. The Hall–Kier alpha value is -5.93. The van der Waals surface area contributed by atoms with Crippen molar-refractivity contribution in [3.05, 3.63) is 36.4 Å². The van der Waals surface area contributed by atoms with Crippen LogP contribution in [0.2, 0.25) is 0 Å². The van der Waals surface area contributed by atoms with Crippen LogP contribution in [0.3, 0.4) is 0 Å². The summed E-state index contributed by atoms with van der Waals surface area (Å²) in [7, 11) is -6.05. The van der Waals surface area contributed by atoms with Crippen LogP contribution in [0.1, 0.15) is 187 Å². The zero-order chi connectivity index (χ0) is 80.3. The van der Waals surface area contributed by atoms with E-state index in [0.29, 0.717) is 0 Å². The van der Waals surface area contributed by atoms with Crippen LogP contribution in [0.4, 0.5) is 101 Å². The SMILES string of the molecule is CC(C)(C)Oc1cc(OC(C)(C)C)c(S(OC(=O)C(F)(F)C(F)(F)C(F)(F)C(F)(F)C(F)(F)C(F)(F)C(F)(F)C(F)(F)C(F)(F)C(F)(F)C(F)(F)F)(c2c(OC(C)(C)C)cc(OC(C)(C)C)cc2OC(C)(C)C)c2c(OC(C)(C)C)cc(OC(C)(C)C)cc2OC(C)(C)C)c(OC(C)(C)C)c1. The molecule has 0 N–H and O–H groups in total. The van der Waals surface area contributed by atoms with Gasteiger partial charge in [0.1, 0.15) is 117 Å². The molecule has 101 heavy (non-hydrogen) atoms. The molecule has 0 aliphatic rings. The van der Waals surface area contributed by atoms with E-state index in [9.17, 15) is 39.5 Å². The molecule has 0 heterocycles. The second kappa shape index (κ2) is 26.6. The van der Waals surface area contributed by atoms with Crippen LogP contribution in [0.15, 0.2) is 51.1 Å². The normalized spacial score (nSPS) is 15.2. The van der Waals surface area contributed by atoms with E-state index in [0.717, 1.165) is 36.4 Å². The van der Waals surface area contributed by atoms with E-state index in [1.54, 1.807) is 0 Å². The fourth-order valence-electron chi connectivity index (χ4n) is 8.66. The Kier molecular flexibility index (Phi) is 23.5. The van der Waals surface area contributed by atoms with Crippen molar-refractivity contribution in [2.75, 3.05) is 0 Å². The fourth-order valence-corrected chi connectivity index (χ4v) is 12.2. The van der Waals surface area contributed by atoms with Crippen LogP contribution in [0, 0.1) is 0 Å². The zero-order valence-corrected chi connectivity index (χ0v) is 61.4. The van der Waals surface area contributed by atoms with Crippen molar-refractivity contribution in [1.29, 1.82) is 0 Å². The van der Waals surface area contributed by atoms with Gasteiger partial charge in [-0.3, -0.25) is 0 Å². The smallest absolute Gasteiger partial charge is 0.460 e. The molecule has 0 atom stereocenters. The number of alkyl halides is 23. The van der Waals surface area contributed by atoms with Crippen molar-refractivity contribution in [2.45, 2.75) is 317 Å². The van der Waals surface area contributed by atoms with E-state index in [2.05, 4.69) is 0 Å². The third-order valence-corrected chi connectivity index (χ3v) is 15.3. The lowest BCUT2D eigenvalue weighted by molar-refractivity contribution is -0.477. The van der Waals surface area contributed by atoms with Gasteiger partial charge in [-0.1, -0.05) is 0 Å². The predicted molar refractivity (Wildman–Crippen MR) is 327 cm³/mol. The molecule has 0 saturated heterocycles. The third-order valence-electron chi connectivity index (χ3n) is 12.0. The van der Waals surface area contributed by atoms with Crippen LogP contribution in [0.25, 0.3) is 0 Å². The summed E-state index contributed by atoms with van der Waals surface area (Å²) in [5.41, 5.74) is -14.2. The number of halogens is 23. The average Bonchev–Trinajstić information content (AvgIpc) is 0.690. The van der Waals surface area contributed by atoms with Crippen molar-refractivity contribution < 1.29 is 153 Å². The molecule has 0 fully saturated rings. The minimum atomic E-state index is -9.76. The van der Waals surface area contributed by atoms with Gasteiger partial charge in [-0.25, -0.2) is 4.79 Å². The van der Waals surface area contributed by atoms with Crippen LogP contribution >= 0.6 is 10.3 Å². The topological polar surface area (TPSA) is 109 Å². The van der Waals surface area contributed by atoms with Crippen LogP contribution in [-0.4, -0.2) is 122 Å². The van der Waals surface area contributed by atoms with Gasteiger partial charge in [0.05, 0.1) is 0 Å². The predicted octanol–water partition coefficient (Wildman–Crippen LogP) is 22.9. The largest absolute Gasteiger partial charge is 0.488 e. The monoisotopic (exact) mass is 1520 g/mol. The first kappa shape index (κ1) is 89.3. The first-order chi connectivity index (χ1) is 43.7. The van der Waals surface area contributed by atoms with Gasteiger partial charge in [0.25, 0.3) is 0 Å². The molecule has 35 heteroatoms. The van der Waals surface area contributed by atoms with Gasteiger partial charge >= 0.3 is 71.4 Å². The Balaban J connectivity index is 3.27. The van der Waals surface area contributed by atoms with Crippen molar-refractivity contribution in [3.63, 3.8) is 0 Å². The molecule has 0 aliphatic heterocycles. The van der Waals surface area contributed by atoms with Gasteiger partial charge < -0.3 is 46.8 Å². The van der Waals surface area contributed by atoms with E-state index >= 15 is 66.3 Å². The minimum Gasteiger partial charge on any atom is -0.488 e. The molecule has 0 aliphatic carbocycles. The molecular formula is C66H87F23O11S. The molecule has 584 valence electrons. The van der Waals surface area contributed by atoms with E-state index in [4.69, 9.17) is 46.8 Å². The highest BCUT2D eigenvalue weighted by Crippen LogP contribution is 2.82. The number of carbonyl (C=O) groups excluding carboxylic acids is 1. The Morgan fingerprint density at radius 3 is 0.535 bits per heavy atom.